The van der Waals surface area contributed by atoms with Crippen LogP contribution in [0.15, 0.2) is 73.6 Å². The molecule has 3 nitrogen and oxygen atoms in total. The first-order valence-electron chi connectivity index (χ1n) is 5.95. The highest BCUT2D eigenvalue weighted by Crippen LogP contribution is 2.31. The van der Waals surface area contributed by atoms with Crippen molar-refractivity contribution < 1.29 is 0 Å². The first kappa shape index (κ1) is 11.9. The van der Waals surface area contributed by atoms with Crippen LogP contribution >= 0.6 is 7.92 Å². The fourth-order valence-electron chi connectivity index (χ4n) is 1.91. The zero-order chi connectivity index (χ0) is 12.9. The molecule has 3 aromatic heterocycles. The molecule has 0 saturated heterocycles. The number of pyridine rings is 3. The molecule has 0 amide bonds. The van der Waals surface area contributed by atoms with Crippen LogP contribution in [0.3, 0.4) is 0 Å². The maximum Gasteiger partial charge on any atom is 0.0351 e. The summed E-state index contributed by atoms with van der Waals surface area (Å²) < 4.78 is 0. The molecule has 0 aromatic carbocycles. The highest BCUT2D eigenvalue weighted by molar-refractivity contribution is 7.79. The molecule has 4 heteroatoms. The summed E-state index contributed by atoms with van der Waals surface area (Å²) >= 11 is 0. The lowest BCUT2D eigenvalue weighted by Gasteiger charge is -2.17. The van der Waals surface area contributed by atoms with Crippen LogP contribution in [0.1, 0.15) is 0 Å². The average molecular weight is 265 g/mol. The fourth-order valence-corrected chi connectivity index (χ4v) is 4.05. The van der Waals surface area contributed by atoms with E-state index in [9.17, 15) is 0 Å². The second-order valence-corrected chi connectivity index (χ2v) is 6.19. The van der Waals surface area contributed by atoms with Crippen LogP contribution < -0.4 is 15.9 Å². The van der Waals surface area contributed by atoms with Gasteiger partial charge in [-0.2, -0.15) is 0 Å². The first-order chi connectivity index (χ1) is 9.45. The highest BCUT2D eigenvalue weighted by atomic mass is 31.1. The maximum absolute atomic E-state index is 4.23. The molecule has 0 aliphatic carbocycles. The van der Waals surface area contributed by atoms with Crippen molar-refractivity contribution in [1.29, 1.82) is 0 Å². The second kappa shape index (κ2) is 5.68. The number of hydrogen-bond acceptors (Lipinski definition) is 3. The van der Waals surface area contributed by atoms with Gasteiger partial charge in [-0.1, -0.05) is 18.2 Å². The third kappa shape index (κ3) is 2.67. The fraction of sp³-hybridized carbons (Fsp3) is 0. The van der Waals surface area contributed by atoms with E-state index in [0.717, 1.165) is 0 Å². The second-order valence-electron chi connectivity index (χ2n) is 3.97. The van der Waals surface area contributed by atoms with Gasteiger partial charge in [0.05, 0.1) is 0 Å². The van der Waals surface area contributed by atoms with Crippen molar-refractivity contribution >= 4 is 23.8 Å². The SMILES string of the molecule is c1cncc(P(c2cccnc2)c2cccnc2)c1. The van der Waals surface area contributed by atoms with Gasteiger partial charge in [-0.05, 0) is 26.1 Å². The number of aromatic nitrogens is 3. The van der Waals surface area contributed by atoms with Crippen molar-refractivity contribution in [3.05, 3.63) is 73.6 Å². The van der Waals surface area contributed by atoms with E-state index in [-0.39, 0.29) is 0 Å². The zero-order valence-electron chi connectivity index (χ0n) is 10.2. The lowest BCUT2D eigenvalue weighted by atomic mass is 10.5. The molecule has 0 fully saturated rings. The Bertz CT molecular complexity index is 535. The highest BCUT2D eigenvalue weighted by Gasteiger charge is 2.16. The van der Waals surface area contributed by atoms with Crippen LogP contribution in [0, 0.1) is 0 Å². The molecule has 3 aromatic rings. The Morgan fingerprint density at radius 2 is 0.947 bits per heavy atom. The minimum atomic E-state index is -0.633. The van der Waals surface area contributed by atoms with E-state index in [1.54, 1.807) is 18.6 Å². The minimum Gasteiger partial charge on any atom is -0.264 e. The molecular formula is C15H12N3P. The van der Waals surface area contributed by atoms with Gasteiger partial charge in [0, 0.05) is 53.1 Å². The normalized spacial score (nSPS) is 10.6. The Hall–Kier alpha value is -2.12. The topological polar surface area (TPSA) is 38.7 Å². The molecule has 3 heterocycles. The summed E-state index contributed by atoms with van der Waals surface area (Å²) in [6.07, 6.45) is 11.2. The lowest BCUT2D eigenvalue weighted by Crippen LogP contribution is -2.21. The predicted molar refractivity (Wildman–Crippen MR) is 78.5 cm³/mol. The van der Waals surface area contributed by atoms with Crippen LogP contribution in [0.5, 0.6) is 0 Å². The Labute approximate surface area is 113 Å². The van der Waals surface area contributed by atoms with Gasteiger partial charge >= 0.3 is 0 Å². The smallest absolute Gasteiger partial charge is 0.0351 e. The van der Waals surface area contributed by atoms with Gasteiger partial charge in [0.15, 0.2) is 0 Å². The molecule has 92 valence electrons. The molecule has 0 aliphatic rings. The van der Waals surface area contributed by atoms with E-state index >= 15 is 0 Å². The van der Waals surface area contributed by atoms with Crippen LogP contribution in [0.4, 0.5) is 0 Å². The molecule has 0 radical (unpaired) electrons. The van der Waals surface area contributed by atoms with Gasteiger partial charge < -0.3 is 0 Å². The molecule has 0 unspecified atom stereocenters. The average Bonchev–Trinajstić information content (AvgIpc) is 2.51. The first-order valence-corrected chi connectivity index (χ1v) is 7.29. The van der Waals surface area contributed by atoms with Gasteiger partial charge in [-0.25, -0.2) is 0 Å². The standard InChI is InChI=1S/C15H12N3P/c1-4-13(10-16-7-1)19(14-5-2-8-17-11-14)15-6-3-9-18-12-15/h1-12H. The van der Waals surface area contributed by atoms with E-state index < -0.39 is 7.92 Å². The van der Waals surface area contributed by atoms with Crippen molar-refractivity contribution in [2.24, 2.45) is 0 Å². The summed E-state index contributed by atoms with van der Waals surface area (Å²) in [6.45, 7) is 0. The van der Waals surface area contributed by atoms with Gasteiger partial charge in [0.1, 0.15) is 0 Å². The van der Waals surface area contributed by atoms with E-state index in [0.29, 0.717) is 0 Å². The Morgan fingerprint density at radius 3 is 1.21 bits per heavy atom. The Balaban J connectivity index is 2.12. The third-order valence-corrected chi connectivity index (χ3v) is 5.06. The predicted octanol–water partition coefficient (Wildman–Crippen LogP) is 1.63. The molecule has 0 atom stereocenters. The molecular weight excluding hydrogens is 253 g/mol. The van der Waals surface area contributed by atoms with Gasteiger partial charge in [-0.3, -0.25) is 15.0 Å². The molecule has 0 aliphatic heterocycles. The monoisotopic (exact) mass is 265 g/mol. The van der Waals surface area contributed by atoms with Gasteiger partial charge in [0.25, 0.3) is 0 Å². The molecule has 0 N–H and O–H groups in total. The summed E-state index contributed by atoms with van der Waals surface area (Å²) in [5.74, 6) is 0. The van der Waals surface area contributed by atoms with E-state index in [1.807, 2.05) is 36.8 Å². The van der Waals surface area contributed by atoms with E-state index in [1.165, 1.54) is 15.9 Å². The van der Waals surface area contributed by atoms with Crippen LogP contribution in [-0.4, -0.2) is 15.0 Å². The van der Waals surface area contributed by atoms with Crippen LogP contribution in [0.2, 0.25) is 0 Å². The molecule has 0 spiro atoms. The van der Waals surface area contributed by atoms with Crippen molar-refractivity contribution in [1.82, 2.24) is 15.0 Å². The largest absolute Gasteiger partial charge is 0.264 e. The van der Waals surface area contributed by atoms with Crippen molar-refractivity contribution in [3.63, 3.8) is 0 Å². The quantitative estimate of drug-likeness (QED) is 0.676. The Kier molecular flexibility index (Phi) is 3.57. The van der Waals surface area contributed by atoms with E-state index in [2.05, 4.69) is 33.2 Å². The van der Waals surface area contributed by atoms with Crippen molar-refractivity contribution in [2.75, 3.05) is 0 Å². The van der Waals surface area contributed by atoms with E-state index in [4.69, 9.17) is 0 Å². The number of hydrogen-bond donors (Lipinski definition) is 0. The third-order valence-electron chi connectivity index (χ3n) is 2.71. The van der Waals surface area contributed by atoms with Crippen molar-refractivity contribution in [3.8, 4) is 0 Å². The number of rotatable bonds is 3. The molecule has 0 saturated carbocycles. The summed E-state index contributed by atoms with van der Waals surface area (Å²) in [7, 11) is -0.633. The molecule has 0 bridgehead atoms. The van der Waals surface area contributed by atoms with Gasteiger partial charge in [-0.15, -0.1) is 0 Å². The van der Waals surface area contributed by atoms with Crippen molar-refractivity contribution in [2.45, 2.75) is 0 Å². The summed E-state index contributed by atoms with van der Waals surface area (Å²) in [4.78, 5) is 12.7. The maximum atomic E-state index is 4.23. The molecule has 3 rings (SSSR count). The van der Waals surface area contributed by atoms with Crippen LogP contribution in [0.25, 0.3) is 0 Å². The zero-order valence-corrected chi connectivity index (χ0v) is 11.1. The molecule has 19 heavy (non-hydrogen) atoms. The van der Waals surface area contributed by atoms with Crippen LogP contribution in [-0.2, 0) is 0 Å². The number of nitrogens with zero attached hydrogens (tertiary/aromatic N) is 3. The van der Waals surface area contributed by atoms with Gasteiger partial charge in [0.2, 0.25) is 0 Å². The lowest BCUT2D eigenvalue weighted by molar-refractivity contribution is 1.34. The summed E-state index contributed by atoms with van der Waals surface area (Å²) in [6, 6.07) is 12.2. The summed E-state index contributed by atoms with van der Waals surface area (Å²) in [5.41, 5.74) is 0. The summed E-state index contributed by atoms with van der Waals surface area (Å²) in [5, 5.41) is 3.62. The minimum absolute atomic E-state index is 0.633. The Morgan fingerprint density at radius 1 is 0.579 bits per heavy atom.